The van der Waals surface area contributed by atoms with Gasteiger partial charge in [0.1, 0.15) is 5.75 Å². The van der Waals surface area contributed by atoms with Crippen molar-refractivity contribution in [2.24, 2.45) is 17.8 Å². The molecule has 46 heavy (non-hydrogen) atoms. The van der Waals surface area contributed by atoms with Crippen LogP contribution < -0.4 is 4.74 Å². The third-order valence-electron chi connectivity index (χ3n) is 8.99. The first-order valence-corrected chi connectivity index (χ1v) is 16.5. The number of rotatable bonds is 16. The molecule has 1 aliphatic carbocycles. The lowest BCUT2D eigenvalue weighted by Crippen LogP contribution is -2.34. The highest BCUT2D eigenvalue weighted by atomic mass is 16.7. The molecule has 250 valence electrons. The number of ether oxygens (including phenoxy) is 6. The van der Waals surface area contributed by atoms with Gasteiger partial charge in [-0.2, -0.15) is 0 Å². The monoisotopic (exact) mass is 634 g/mol. The second-order valence-corrected chi connectivity index (χ2v) is 12.5. The maximum absolute atomic E-state index is 12.7. The maximum Gasteiger partial charge on any atom is 0.341 e. The van der Waals surface area contributed by atoms with Gasteiger partial charge < -0.3 is 28.4 Å². The SMILES string of the molecule is C=C(COC)C(=O)OCCCc1ccc(-c2ccc(OC(=O)C(=C)COC)c(C3OCC(C4CCC(CCC)CC4)CO3)c2)cc1. The first kappa shape index (κ1) is 35.6. The van der Waals surface area contributed by atoms with Gasteiger partial charge in [-0.05, 0) is 66.3 Å². The zero-order chi connectivity index (χ0) is 32.9. The molecule has 8 heteroatoms. The average molecular weight is 635 g/mol. The normalized spacial score (nSPS) is 21.4. The van der Waals surface area contributed by atoms with E-state index in [-0.39, 0.29) is 18.8 Å². The van der Waals surface area contributed by atoms with E-state index in [4.69, 9.17) is 28.4 Å². The highest BCUT2D eigenvalue weighted by Crippen LogP contribution is 2.41. The number of esters is 2. The highest BCUT2D eigenvalue weighted by molar-refractivity contribution is 5.90. The lowest BCUT2D eigenvalue weighted by atomic mass is 9.75. The Hall–Kier alpha value is -3.30. The van der Waals surface area contributed by atoms with Crippen molar-refractivity contribution < 1.29 is 38.0 Å². The zero-order valence-electron chi connectivity index (χ0n) is 27.7. The molecule has 0 N–H and O–H groups in total. The summed E-state index contributed by atoms with van der Waals surface area (Å²) in [5, 5.41) is 0. The van der Waals surface area contributed by atoms with Crippen LogP contribution in [-0.4, -0.2) is 59.2 Å². The summed E-state index contributed by atoms with van der Waals surface area (Å²) in [5.41, 5.74) is 4.29. The Balaban J connectivity index is 1.41. The van der Waals surface area contributed by atoms with Crippen LogP contribution in [-0.2, 0) is 39.7 Å². The van der Waals surface area contributed by atoms with Gasteiger partial charge >= 0.3 is 11.9 Å². The van der Waals surface area contributed by atoms with Gasteiger partial charge in [0, 0.05) is 20.1 Å². The quantitative estimate of drug-likeness (QED) is 0.0817. The Morgan fingerprint density at radius 3 is 2.09 bits per heavy atom. The summed E-state index contributed by atoms with van der Waals surface area (Å²) in [7, 11) is 3.02. The predicted octanol–water partition coefficient (Wildman–Crippen LogP) is 7.41. The van der Waals surface area contributed by atoms with Crippen LogP contribution in [0.15, 0.2) is 66.8 Å². The maximum atomic E-state index is 12.7. The smallest absolute Gasteiger partial charge is 0.341 e. The minimum Gasteiger partial charge on any atom is -0.462 e. The standard InChI is InChI=1S/C38H50O8/c1-6-8-28-10-16-31(17-11-28)33-24-44-38(45-25-33)34-21-32(18-19-35(34)46-37(40)27(3)23-42-5)30-14-12-29(13-15-30)9-7-20-43-36(39)26(2)22-41-4/h12-15,18-19,21,28,31,33,38H,2-3,6-11,16-17,20,22-25H2,1,4-5H3. The van der Waals surface area contributed by atoms with Crippen LogP contribution in [0.25, 0.3) is 11.1 Å². The van der Waals surface area contributed by atoms with E-state index >= 15 is 0 Å². The molecule has 8 nitrogen and oxygen atoms in total. The van der Waals surface area contributed by atoms with Crippen molar-refractivity contribution in [3.05, 3.63) is 77.9 Å². The van der Waals surface area contributed by atoms with Crippen LogP contribution in [0.5, 0.6) is 5.75 Å². The molecule has 2 fully saturated rings. The molecular formula is C38H50O8. The molecule has 4 rings (SSSR count). The van der Waals surface area contributed by atoms with Gasteiger partial charge in [-0.1, -0.05) is 76.1 Å². The van der Waals surface area contributed by atoms with Crippen LogP contribution >= 0.6 is 0 Å². The minimum absolute atomic E-state index is 0.0861. The molecule has 0 amide bonds. The molecule has 0 aromatic heterocycles. The van der Waals surface area contributed by atoms with E-state index in [9.17, 15) is 9.59 Å². The minimum atomic E-state index is -0.645. The number of benzene rings is 2. The van der Waals surface area contributed by atoms with Crippen molar-refractivity contribution >= 4 is 11.9 Å². The van der Waals surface area contributed by atoms with Crippen molar-refractivity contribution in [1.82, 2.24) is 0 Å². The fourth-order valence-electron chi connectivity index (χ4n) is 6.38. The van der Waals surface area contributed by atoms with Gasteiger partial charge in [0.25, 0.3) is 0 Å². The molecule has 1 saturated heterocycles. The second kappa shape index (κ2) is 18.1. The Morgan fingerprint density at radius 2 is 1.46 bits per heavy atom. The van der Waals surface area contributed by atoms with Crippen LogP contribution in [0.3, 0.4) is 0 Å². The van der Waals surface area contributed by atoms with E-state index in [2.05, 4.69) is 44.3 Å². The van der Waals surface area contributed by atoms with Crippen LogP contribution in [0.2, 0.25) is 0 Å². The van der Waals surface area contributed by atoms with Crippen LogP contribution in [0.1, 0.15) is 69.3 Å². The molecule has 2 aromatic carbocycles. The van der Waals surface area contributed by atoms with Crippen molar-refractivity contribution in [3.63, 3.8) is 0 Å². The van der Waals surface area contributed by atoms with Gasteiger partial charge in [0.2, 0.25) is 0 Å². The summed E-state index contributed by atoms with van der Waals surface area (Å²) in [6.07, 6.45) is 8.46. The molecule has 0 atom stereocenters. The van der Waals surface area contributed by atoms with E-state index in [1.165, 1.54) is 52.7 Å². The lowest BCUT2D eigenvalue weighted by molar-refractivity contribution is -0.215. The Morgan fingerprint density at radius 1 is 0.826 bits per heavy atom. The number of carbonyl (C=O) groups is 2. The molecule has 1 heterocycles. The first-order chi connectivity index (χ1) is 22.3. The van der Waals surface area contributed by atoms with E-state index < -0.39 is 18.2 Å². The van der Waals surface area contributed by atoms with Crippen LogP contribution in [0, 0.1) is 17.8 Å². The number of hydrogen-bond acceptors (Lipinski definition) is 8. The molecule has 0 unspecified atom stereocenters. The van der Waals surface area contributed by atoms with Crippen molar-refractivity contribution in [1.29, 1.82) is 0 Å². The van der Waals surface area contributed by atoms with E-state index in [0.717, 1.165) is 29.0 Å². The van der Waals surface area contributed by atoms with Gasteiger partial charge in [-0.3, -0.25) is 0 Å². The zero-order valence-corrected chi connectivity index (χ0v) is 27.7. The van der Waals surface area contributed by atoms with E-state index in [1.54, 1.807) is 6.07 Å². The molecule has 2 aromatic rings. The Bertz CT molecular complexity index is 1300. The average Bonchev–Trinajstić information content (AvgIpc) is 3.08. The molecule has 0 radical (unpaired) electrons. The van der Waals surface area contributed by atoms with Gasteiger partial charge in [0.15, 0.2) is 6.29 Å². The number of carbonyl (C=O) groups excluding carboxylic acids is 2. The van der Waals surface area contributed by atoms with Crippen molar-refractivity contribution in [2.45, 2.75) is 64.6 Å². The predicted molar refractivity (Wildman–Crippen MR) is 177 cm³/mol. The van der Waals surface area contributed by atoms with E-state index in [1.807, 2.05) is 12.1 Å². The molecule has 0 bridgehead atoms. The summed E-state index contributed by atoms with van der Waals surface area (Å²) in [5.74, 6) is 1.25. The lowest BCUT2D eigenvalue weighted by Gasteiger charge is -2.38. The topological polar surface area (TPSA) is 89.5 Å². The van der Waals surface area contributed by atoms with Gasteiger partial charge in [0.05, 0.1) is 49.7 Å². The molecule has 0 spiro atoms. The van der Waals surface area contributed by atoms with Crippen molar-refractivity contribution in [3.8, 4) is 16.9 Å². The molecule has 1 saturated carbocycles. The first-order valence-electron chi connectivity index (χ1n) is 16.5. The Kier molecular flexibility index (Phi) is 14.0. The largest absolute Gasteiger partial charge is 0.462 e. The van der Waals surface area contributed by atoms with Crippen molar-refractivity contribution in [2.75, 3.05) is 47.3 Å². The number of aryl methyl sites for hydroxylation is 1. The van der Waals surface area contributed by atoms with Crippen LogP contribution in [0.4, 0.5) is 0 Å². The fraction of sp³-hybridized carbons (Fsp3) is 0.526. The summed E-state index contributed by atoms with van der Waals surface area (Å²) >= 11 is 0. The fourth-order valence-corrected chi connectivity index (χ4v) is 6.38. The third-order valence-corrected chi connectivity index (χ3v) is 8.99. The molecule has 1 aliphatic heterocycles. The van der Waals surface area contributed by atoms with E-state index in [0.29, 0.717) is 55.0 Å². The summed E-state index contributed by atoms with van der Waals surface area (Å²) < 4.78 is 33.7. The second-order valence-electron chi connectivity index (χ2n) is 12.5. The number of hydrogen-bond donors (Lipinski definition) is 0. The van der Waals surface area contributed by atoms with Gasteiger partial charge in [-0.25, -0.2) is 9.59 Å². The summed E-state index contributed by atoms with van der Waals surface area (Å²) in [6, 6.07) is 13.9. The highest BCUT2D eigenvalue weighted by Gasteiger charge is 2.33. The molecule has 2 aliphatic rings. The molecular weight excluding hydrogens is 584 g/mol. The summed E-state index contributed by atoms with van der Waals surface area (Å²) in [6.45, 7) is 11.5. The van der Waals surface area contributed by atoms with Gasteiger partial charge in [-0.15, -0.1) is 0 Å². The summed E-state index contributed by atoms with van der Waals surface area (Å²) in [4.78, 5) is 24.6. The Labute approximate surface area is 274 Å². The number of methoxy groups -OCH3 is 2. The third kappa shape index (κ3) is 10.1.